The first-order valence-corrected chi connectivity index (χ1v) is 7.90. The van der Waals surface area contributed by atoms with Crippen LogP contribution in [0.2, 0.25) is 0 Å². The number of carboxylic acids is 1. The van der Waals surface area contributed by atoms with Gasteiger partial charge in [-0.25, -0.2) is 0 Å². The summed E-state index contributed by atoms with van der Waals surface area (Å²) >= 11 is 0. The van der Waals surface area contributed by atoms with Crippen molar-refractivity contribution in [2.24, 2.45) is 0 Å². The molecule has 0 saturated heterocycles. The predicted molar refractivity (Wildman–Crippen MR) is 80.1 cm³/mol. The van der Waals surface area contributed by atoms with Crippen molar-refractivity contribution in [1.82, 2.24) is 0 Å². The van der Waals surface area contributed by atoms with Gasteiger partial charge in [0.05, 0.1) is 0 Å². The number of hydrogen-bond acceptors (Lipinski definition) is 1. The molecule has 0 rings (SSSR count). The lowest BCUT2D eigenvalue weighted by atomic mass is 10.1. The van der Waals surface area contributed by atoms with Crippen molar-refractivity contribution in [2.45, 2.75) is 97.8 Å². The SMILES string of the molecule is CCCCCCCC.CCCCCCCC(=O)O. The Balaban J connectivity index is 0. The molecule has 110 valence electrons. The van der Waals surface area contributed by atoms with E-state index in [-0.39, 0.29) is 0 Å². The summed E-state index contributed by atoms with van der Waals surface area (Å²) in [6.07, 6.45) is 14.4. The average Bonchev–Trinajstić information content (AvgIpc) is 2.35. The fourth-order valence-corrected chi connectivity index (χ4v) is 1.73. The van der Waals surface area contributed by atoms with Crippen molar-refractivity contribution in [3.63, 3.8) is 0 Å². The second-order valence-corrected chi connectivity index (χ2v) is 4.97. The minimum absolute atomic E-state index is 0.337. The maximum Gasteiger partial charge on any atom is 0.303 e. The van der Waals surface area contributed by atoms with Crippen LogP contribution in [0.5, 0.6) is 0 Å². The molecule has 0 aliphatic carbocycles. The molecule has 0 aromatic heterocycles. The molecule has 0 radical (unpaired) electrons. The summed E-state index contributed by atoms with van der Waals surface area (Å²) in [4.78, 5) is 10.0. The van der Waals surface area contributed by atoms with E-state index >= 15 is 0 Å². The molecule has 0 aliphatic heterocycles. The van der Waals surface area contributed by atoms with Crippen LogP contribution in [0.25, 0.3) is 0 Å². The molecule has 0 saturated carbocycles. The molecule has 0 aromatic rings. The Morgan fingerprint density at radius 2 is 1.00 bits per heavy atom. The highest BCUT2D eigenvalue weighted by Gasteiger charge is 1.94. The smallest absolute Gasteiger partial charge is 0.303 e. The zero-order chi connectivity index (χ0) is 14.1. The quantitative estimate of drug-likeness (QED) is 0.476. The summed E-state index contributed by atoms with van der Waals surface area (Å²) in [5.41, 5.74) is 0. The average molecular weight is 258 g/mol. The lowest BCUT2D eigenvalue weighted by Gasteiger charge is -1.95. The summed E-state index contributed by atoms with van der Waals surface area (Å²) in [6.45, 7) is 6.66. The molecule has 0 aromatic carbocycles. The summed E-state index contributed by atoms with van der Waals surface area (Å²) in [5, 5.41) is 8.27. The van der Waals surface area contributed by atoms with E-state index in [2.05, 4.69) is 20.8 Å². The van der Waals surface area contributed by atoms with E-state index in [4.69, 9.17) is 5.11 Å². The Bertz CT molecular complexity index is 149. The number of rotatable bonds is 11. The minimum atomic E-state index is -0.670. The molecule has 0 amide bonds. The molecular formula is C16H34O2. The summed E-state index contributed by atoms with van der Waals surface area (Å²) in [6, 6.07) is 0. The van der Waals surface area contributed by atoms with Crippen LogP contribution in [-0.2, 0) is 4.79 Å². The summed E-state index contributed by atoms with van der Waals surface area (Å²) < 4.78 is 0. The van der Waals surface area contributed by atoms with E-state index < -0.39 is 5.97 Å². The van der Waals surface area contributed by atoms with E-state index in [1.807, 2.05) is 0 Å². The Morgan fingerprint density at radius 1 is 0.667 bits per heavy atom. The second-order valence-electron chi connectivity index (χ2n) is 4.97. The zero-order valence-corrected chi connectivity index (χ0v) is 12.8. The van der Waals surface area contributed by atoms with Crippen molar-refractivity contribution in [1.29, 1.82) is 0 Å². The number of carboxylic acid groups (broad SMARTS) is 1. The van der Waals surface area contributed by atoms with E-state index in [9.17, 15) is 4.79 Å². The normalized spacial score (nSPS) is 9.72. The van der Waals surface area contributed by atoms with Crippen LogP contribution in [0.1, 0.15) is 97.8 Å². The van der Waals surface area contributed by atoms with Gasteiger partial charge in [0.15, 0.2) is 0 Å². The van der Waals surface area contributed by atoms with Crippen LogP contribution in [0.15, 0.2) is 0 Å². The number of unbranched alkanes of at least 4 members (excludes halogenated alkanes) is 9. The van der Waals surface area contributed by atoms with Gasteiger partial charge in [-0.15, -0.1) is 0 Å². The second kappa shape index (κ2) is 18.8. The van der Waals surface area contributed by atoms with Crippen LogP contribution >= 0.6 is 0 Å². The fourth-order valence-electron chi connectivity index (χ4n) is 1.73. The third-order valence-corrected chi connectivity index (χ3v) is 2.95. The Labute approximate surface area is 114 Å². The van der Waals surface area contributed by atoms with Gasteiger partial charge in [0.1, 0.15) is 0 Å². The molecule has 0 atom stereocenters. The van der Waals surface area contributed by atoms with E-state index in [1.54, 1.807) is 0 Å². The third kappa shape index (κ3) is 24.6. The van der Waals surface area contributed by atoms with E-state index in [0.29, 0.717) is 6.42 Å². The summed E-state index contributed by atoms with van der Waals surface area (Å²) in [5.74, 6) is -0.670. The standard InChI is InChI=1S/C8H16O2.C8H18/c1-2-3-4-5-6-7-8(9)10;1-3-5-7-8-6-4-2/h2-7H2,1H3,(H,9,10);3-8H2,1-2H3. The van der Waals surface area contributed by atoms with Gasteiger partial charge in [0.25, 0.3) is 0 Å². The maximum atomic E-state index is 10.0. The lowest BCUT2D eigenvalue weighted by molar-refractivity contribution is -0.137. The monoisotopic (exact) mass is 258 g/mol. The predicted octanol–water partition coefficient (Wildman–Crippen LogP) is 5.80. The maximum absolute atomic E-state index is 10.0. The first-order valence-electron chi connectivity index (χ1n) is 7.90. The zero-order valence-electron chi connectivity index (χ0n) is 12.8. The molecule has 1 N–H and O–H groups in total. The minimum Gasteiger partial charge on any atom is -0.481 e. The molecular weight excluding hydrogens is 224 g/mol. The molecule has 2 heteroatoms. The van der Waals surface area contributed by atoms with Gasteiger partial charge in [-0.05, 0) is 6.42 Å². The third-order valence-electron chi connectivity index (χ3n) is 2.95. The first kappa shape index (κ1) is 19.8. The lowest BCUT2D eigenvalue weighted by Crippen LogP contribution is -1.93. The molecule has 2 nitrogen and oxygen atoms in total. The molecule has 0 bridgehead atoms. The van der Waals surface area contributed by atoms with Crippen LogP contribution in [0.3, 0.4) is 0 Å². The van der Waals surface area contributed by atoms with Crippen LogP contribution in [-0.4, -0.2) is 11.1 Å². The Morgan fingerprint density at radius 3 is 1.28 bits per heavy atom. The van der Waals surface area contributed by atoms with Crippen molar-refractivity contribution >= 4 is 5.97 Å². The number of aliphatic carboxylic acids is 1. The highest BCUT2D eigenvalue weighted by atomic mass is 16.4. The van der Waals surface area contributed by atoms with Gasteiger partial charge in [0.2, 0.25) is 0 Å². The molecule has 18 heavy (non-hydrogen) atoms. The van der Waals surface area contributed by atoms with Crippen LogP contribution < -0.4 is 0 Å². The molecule has 0 fully saturated rings. The molecule has 0 heterocycles. The van der Waals surface area contributed by atoms with E-state index in [1.165, 1.54) is 57.8 Å². The van der Waals surface area contributed by atoms with Crippen LogP contribution in [0, 0.1) is 0 Å². The van der Waals surface area contributed by atoms with Crippen molar-refractivity contribution in [2.75, 3.05) is 0 Å². The van der Waals surface area contributed by atoms with Gasteiger partial charge in [-0.1, -0.05) is 85.0 Å². The van der Waals surface area contributed by atoms with E-state index in [0.717, 1.165) is 12.8 Å². The highest BCUT2D eigenvalue weighted by molar-refractivity contribution is 5.66. The van der Waals surface area contributed by atoms with Gasteiger partial charge >= 0.3 is 5.97 Å². The molecule has 0 spiro atoms. The molecule has 0 unspecified atom stereocenters. The van der Waals surface area contributed by atoms with Gasteiger partial charge in [-0.3, -0.25) is 4.79 Å². The van der Waals surface area contributed by atoms with Gasteiger partial charge < -0.3 is 5.11 Å². The Hall–Kier alpha value is -0.530. The fraction of sp³-hybridized carbons (Fsp3) is 0.938. The molecule has 0 aliphatic rings. The summed E-state index contributed by atoms with van der Waals surface area (Å²) in [7, 11) is 0. The van der Waals surface area contributed by atoms with Crippen molar-refractivity contribution in [3.8, 4) is 0 Å². The van der Waals surface area contributed by atoms with Crippen molar-refractivity contribution in [3.05, 3.63) is 0 Å². The highest BCUT2D eigenvalue weighted by Crippen LogP contribution is 2.04. The first-order chi connectivity index (χ1) is 8.68. The van der Waals surface area contributed by atoms with Gasteiger partial charge in [-0.2, -0.15) is 0 Å². The van der Waals surface area contributed by atoms with Crippen molar-refractivity contribution < 1.29 is 9.90 Å². The van der Waals surface area contributed by atoms with Crippen LogP contribution in [0.4, 0.5) is 0 Å². The Kier molecular flexibility index (Phi) is 20.7. The largest absolute Gasteiger partial charge is 0.481 e. The number of carbonyl (C=O) groups is 1. The topological polar surface area (TPSA) is 37.3 Å². The van der Waals surface area contributed by atoms with Gasteiger partial charge in [0, 0.05) is 6.42 Å². The number of hydrogen-bond donors (Lipinski definition) is 1.